The lowest BCUT2D eigenvalue weighted by Crippen LogP contribution is -2.33. The van der Waals surface area contributed by atoms with Gasteiger partial charge in [-0.1, -0.05) is 29.8 Å². The maximum absolute atomic E-state index is 12.3. The van der Waals surface area contributed by atoms with Gasteiger partial charge in [0.25, 0.3) is 0 Å². The molecule has 21 heavy (non-hydrogen) atoms. The third kappa shape index (κ3) is 3.12. The zero-order valence-corrected chi connectivity index (χ0v) is 13.3. The first kappa shape index (κ1) is 14.6. The van der Waals surface area contributed by atoms with Gasteiger partial charge in [-0.25, -0.2) is 4.79 Å². The molecule has 0 amide bonds. The molecule has 2 heterocycles. The number of hydrogen-bond acceptors (Lipinski definition) is 4. The van der Waals surface area contributed by atoms with E-state index in [1.807, 2.05) is 25.1 Å². The zero-order chi connectivity index (χ0) is 14.8. The van der Waals surface area contributed by atoms with Crippen molar-refractivity contribution in [2.75, 3.05) is 6.54 Å². The maximum Gasteiger partial charge on any atom is 0.332 e. The molecule has 110 valence electrons. The molecule has 0 aliphatic carbocycles. The molecule has 0 saturated carbocycles. The fourth-order valence-corrected chi connectivity index (χ4v) is 3.65. The lowest BCUT2D eigenvalue weighted by molar-refractivity contribution is -0.196. The Balaban J connectivity index is 1.66. The van der Waals surface area contributed by atoms with Crippen LogP contribution < -0.4 is 0 Å². The normalized spacial score (nSPS) is 16.3. The number of hydroxylamine groups is 2. The molecule has 0 N–H and O–H groups in total. The van der Waals surface area contributed by atoms with Crippen LogP contribution in [0.3, 0.4) is 0 Å². The van der Waals surface area contributed by atoms with E-state index in [1.54, 1.807) is 22.5 Å². The Morgan fingerprint density at radius 2 is 2.19 bits per heavy atom. The van der Waals surface area contributed by atoms with Crippen molar-refractivity contribution in [3.8, 4) is 0 Å². The summed E-state index contributed by atoms with van der Waals surface area (Å²) >= 11 is 7.91. The smallest absolute Gasteiger partial charge is 0.332 e. The Bertz CT molecular complexity index is 655. The largest absolute Gasteiger partial charge is 0.367 e. The van der Waals surface area contributed by atoms with Gasteiger partial charge in [0, 0.05) is 16.4 Å². The first-order valence-electron chi connectivity index (χ1n) is 6.91. The minimum Gasteiger partial charge on any atom is -0.367 e. The summed E-state index contributed by atoms with van der Waals surface area (Å²) in [6, 6.07) is 9.48. The molecule has 1 aromatic heterocycles. The third-order valence-corrected chi connectivity index (χ3v) is 5.08. The fraction of sp³-hybridized carbons (Fsp3) is 0.312. The van der Waals surface area contributed by atoms with Crippen molar-refractivity contribution in [1.29, 1.82) is 0 Å². The van der Waals surface area contributed by atoms with Crippen molar-refractivity contribution in [3.05, 3.63) is 56.7 Å². The van der Waals surface area contributed by atoms with E-state index >= 15 is 0 Å². The van der Waals surface area contributed by atoms with Gasteiger partial charge in [0.2, 0.25) is 0 Å². The van der Waals surface area contributed by atoms with E-state index in [0.29, 0.717) is 11.6 Å². The molecule has 1 unspecified atom stereocenters. The van der Waals surface area contributed by atoms with Gasteiger partial charge < -0.3 is 4.84 Å². The van der Waals surface area contributed by atoms with Crippen LogP contribution in [0.25, 0.3) is 0 Å². The Morgan fingerprint density at radius 1 is 1.38 bits per heavy atom. The highest BCUT2D eigenvalue weighted by atomic mass is 35.5. The molecule has 2 aromatic rings. The van der Waals surface area contributed by atoms with E-state index in [4.69, 9.17) is 16.4 Å². The van der Waals surface area contributed by atoms with E-state index in [-0.39, 0.29) is 11.9 Å². The molecule has 1 aliphatic heterocycles. The van der Waals surface area contributed by atoms with Crippen molar-refractivity contribution in [2.45, 2.75) is 25.8 Å². The number of halogens is 1. The first-order valence-corrected chi connectivity index (χ1v) is 8.17. The standard InChI is InChI=1S/C16H16ClNO2S/c1-11(13-4-2-3-5-14(13)17)16(19)20-18-8-6-15-12(10-18)7-9-21-15/h2-5,7,9,11H,6,8,10H2,1H3. The number of hydrogen-bond donors (Lipinski definition) is 0. The van der Waals surface area contributed by atoms with Crippen molar-refractivity contribution in [3.63, 3.8) is 0 Å². The second-order valence-corrected chi connectivity index (χ2v) is 6.54. The third-order valence-electron chi connectivity index (χ3n) is 3.72. The highest BCUT2D eigenvalue weighted by Gasteiger charge is 2.25. The molecule has 0 radical (unpaired) electrons. The van der Waals surface area contributed by atoms with Gasteiger partial charge in [-0.15, -0.1) is 16.4 Å². The average Bonchev–Trinajstić information content (AvgIpc) is 2.94. The lowest BCUT2D eigenvalue weighted by atomic mass is 10.0. The van der Waals surface area contributed by atoms with Crippen LogP contribution in [0.2, 0.25) is 5.02 Å². The van der Waals surface area contributed by atoms with Gasteiger partial charge in [-0.05, 0) is 42.0 Å². The van der Waals surface area contributed by atoms with E-state index in [9.17, 15) is 4.79 Å². The summed E-state index contributed by atoms with van der Waals surface area (Å²) in [6.45, 7) is 3.23. The van der Waals surface area contributed by atoms with E-state index in [0.717, 1.165) is 18.5 Å². The first-order chi connectivity index (χ1) is 10.1. The molecular formula is C16H16ClNO2S. The summed E-state index contributed by atoms with van der Waals surface area (Å²) in [4.78, 5) is 19.2. The zero-order valence-electron chi connectivity index (χ0n) is 11.7. The summed E-state index contributed by atoms with van der Waals surface area (Å²) in [5.41, 5.74) is 2.06. The number of fused-ring (bicyclic) bond motifs is 1. The Morgan fingerprint density at radius 3 is 3.00 bits per heavy atom. The van der Waals surface area contributed by atoms with Crippen molar-refractivity contribution in [1.82, 2.24) is 5.06 Å². The van der Waals surface area contributed by atoms with Crippen LogP contribution in [0.5, 0.6) is 0 Å². The van der Waals surface area contributed by atoms with Gasteiger partial charge >= 0.3 is 5.97 Å². The van der Waals surface area contributed by atoms with Crippen molar-refractivity contribution < 1.29 is 9.63 Å². The number of rotatable bonds is 3. The van der Waals surface area contributed by atoms with E-state index < -0.39 is 0 Å². The molecular weight excluding hydrogens is 306 g/mol. The van der Waals surface area contributed by atoms with Crippen molar-refractivity contribution in [2.24, 2.45) is 0 Å². The molecule has 3 rings (SSSR count). The summed E-state index contributed by atoms with van der Waals surface area (Å²) in [6.07, 6.45) is 0.931. The highest BCUT2D eigenvalue weighted by molar-refractivity contribution is 7.10. The van der Waals surface area contributed by atoms with Crippen LogP contribution in [-0.4, -0.2) is 17.6 Å². The minimum absolute atomic E-state index is 0.262. The predicted molar refractivity (Wildman–Crippen MR) is 84.4 cm³/mol. The highest BCUT2D eigenvalue weighted by Crippen LogP contribution is 2.27. The molecule has 1 atom stereocenters. The molecule has 0 bridgehead atoms. The lowest BCUT2D eigenvalue weighted by Gasteiger charge is -2.26. The molecule has 0 saturated heterocycles. The van der Waals surface area contributed by atoms with Crippen LogP contribution >= 0.6 is 22.9 Å². The average molecular weight is 322 g/mol. The van der Waals surface area contributed by atoms with Gasteiger partial charge in [0.05, 0.1) is 12.5 Å². The number of carbonyl (C=O) groups is 1. The molecule has 1 aromatic carbocycles. The second-order valence-electron chi connectivity index (χ2n) is 5.14. The summed E-state index contributed by atoms with van der Waals surface area (Å²) < 4.78 is 0. The molecule has 1 aliphatic rings. The van der Waals surface area contributed by atoms with Crippen LogP contribution in [0, 0.1) is 0 Å². The minimum atomic E-state index is -0.373. The summed E-state index contributed by atoms with van der Waals surface area (Å²) in [5, 5.41) is 4.42. The van der Waals surface area contributed by atoms with Crippen LogP contribution in [0.15, 0.2) is 35.7 Å². The van der Waals surface area contributed by atoms with Gasteiger partial charge in [0.15, 0.2) is 0 Å². The Hall–Kier alpha value is -1.36. The summed E-state index contributed by atoms with van der Waals surface area (Å²) in [7, 11) is 0. The van der Waals surface area contributed by atoms with Gasteiger partial charge in [0.1, 0.15) is 0 Å². The van der Waals surface area contributed by atoms with E-state index in [1.165, 1.54) is 10.4 Å². The van der Waals surface area contributed by atoms with Gasteiger partial charge in [-0.3, -0.25) is 0 Å². The maximum atomic E-state index is 12.3. The molecule has 0 fully saturated rings. The number of thiophene rings is 1. The predicted octanol–water partition coefficient (Wildman–Crippen LogP) is 4.02. The molecule has 5 heteroatoms. The van der Waals surface area contributed by atoms with Crippen LogP contribution in [0.4, 0.5) is 0 Å². The fourth-order valence-electron chi connectivity index (χ4n) is 2.46. The molecule has 3 nitrogen and oxygen atoms in total. The quantitative estimate of drug-likeness (QED) is 0.855. The Kier molecular flexibility index (Phi) is 4.29. The van der Waals surface area contributed by atoms with Crippen LogP contribution in [-0.2, 0) is 22.6 Å². The van der Waals surface area contributed by atoms with Gasteiger partial charge in [-0.2, -0.15) is 0 Å². The van der Waals surface area contributed by atoms with Crippen LogP contribution in [0.1, 0.15) is 28.8 Å². The number of carbonyl (C=O) groups excluding carboxylic acids is 1. The van der Waals surface area contributed by atoms with Crippen molar-refractivity contribution >= 4 is 28.9 Å². The SMILES string of the molecule is CC(C(=O)ON1CCc2sccc2C1)c1ccccc1Cl. The number of nitrogens with zero attached hydrogens (tertiary/aromatic N) is 1. The number of benzene rings is 1. The monoisotopic (exact) mass is 321 g/mol. The molecule has 0 spiro atoms. The Labute approximate surface area is 133 Å². The topological polar surface area (TPSA) is 29.5 Å². The second kappa shape index (κ2) is 6.18. The van der Waals surface area contributed by atoms with E-state index in [2.05, 4.69) is 11.4 Å². The summed E-state index contributed by atoms with van der Waals surface area (Å²) in [5.74, 6) is -0.635.